The molecule has 1 aromatic carbocycles. The molecule has 0 atom stereocenters. The third-order valence-electron chi connectivity index (χ3n) is 2.68. The van der Waals surface area contributed by atoms with E-state index in [-0.39, 0.29) is 0 Å². The molecular formula is C13H22N2O. The molecule has 0 aliphatic rings. The number of methoxy groups -OCH3 is 1. The predicted molar refractivity (Wildman–Crippen MR) is 68.3 cm³/mol. The molecule has 0 aromatic heterocycles. The first-order valence-electron chi connectivity index (χ1n) is 5.71. The molecule has 1 aromatic rings. The summed E-state index contributed by atoms with van der Waals surface area (Å²) in [5.41, 5.74) is 7.77. The molecule has 0 saturated carbocycles. The van der Waals surface area contributed by atoms with E-state index in [1.165, 1.54) is 5.56 Å². The molecule has 90 valence electrons. The van der Waals surface area contributed by atoms with E-state index in [9.17, 15) is 0 Å². The molecular weight excluding hydrogens is 200 g/mol. The van der Waals surface area contributed by atoms with Gasteiger partial charge in [-0.3, -0.25) is 4.90 Å². The Kier molecular flexibility index (Phi) is 5.29. The van der Waals surface area contributed by atoms with Crippen LogP contribution in [0.15, 0.2) is 24.3 Å². The zero-order chi connectivity index (χ0) is 12.0. The van der Waals surface area contributed by atoms with Crippen molar-refractivity contribution in [3.05, 3.63) is 29.8 Å². The lowest BCUT2D eigenvalue weighted by Crippen LogP contribution is -2.33. The average Bonchev–Trinajstić information content (AvgIpc) is 2.26. The van der Waals surface area contributed by atoms with Crippen LogP contribution in [0.2, 0.25) is 0 Å². The molecule has 0 spiro atoms. The lowest BCUT2D eigenvalue weighted by atomic mass is 10.1. The van der Waals surface area contributed by atoms with Gasteiger partial charge in [0.15, 0.2) is 0 Å². The number of nitrogen functional groups attached to an aromatic ring is 1. The second kappa shape index (κ2) is 6.51. The summed E-state index contributed by atoms with van der Waals surface area (Å²) in [6.07, 6.45) is 0. The lowest BCUT2D eigenvalue weighted by Gasteiger charge is -2.26. The first-order valence-corrected chi connectivity index (χ1v) is 5.71. The van der Waals surface area contributed by atoms with E-state index >= 15 is 0 Å². The average molecular weight is 222 g/mol. The number of hydrogen-bond acceptors (Lipinski definition) is 3. The fraction of sp³-hybridized carbons (Fsp3) is 0.538. The van der Waals surface area contributed by atoms with E-state index < -0.39 is 0 Å². The molecule has 3 nitrogen and oxygen atoms in total. The maximum Gasteiger partial charge on any atom is 0.0589 e. The van der Waals surface area contributed by atoms with Crippen molar-refractivity contribution in [2.45, 2.75) is 26.4 Å². The van der Waals surface area contributed by atoms with Crippen LogP contribution in [0.4, 0.5) is 5.69 Å². The molecule has 0 saturated heterocycles. The van der Waals surface area contributed by atoms with Crippen molar-refractivity contribution in [1.29, 1.82) is 0 Å². The molecule has 0 unspecified atom stereocenters. The van der Waals surface area contributed by atoms with Crippen LogP contribution < -0.4 is 5.73 Å². The summed E-state index contributed by atoms with van der Waals surface area (Å²) >= 11 is 0. The van der Waals surface area contributed by atoms with Gasteiger partial charge in [-0.25, -0.2) is 0 Å². The zero-order valence-electron chi connectivity index (χ0n) is 10.4. The van der Waals surface area contributed by atoms with Crippen LogP contribution >= 0.6 is 0 Å². The standard InChI is InChI=1S/C13H22N2O/c1-11(2)15(8-9-16-3)10-12-4-6-13(14)7-5-12/h4-7,11H,8-10,14H2,1-3H3. The van der Waals surface area contributed by atoms with Crippen molar-refractivity contribution in [3.63, 3.8) is 0 Å². The number of rotatable bonds is 6. The third kappa shape index (κ3) is 4.21. The van der Waals surface area contributed by atoms with Crippen molar-refractivity contribution in [1.82, 2.24) is 4.90 Å². The highest BCUT2D eigenvalue weighted by atomic mass is 16.5. The maximum absolute atomic E-state index is 5.66. The number of nitrogens with zero attached hydrogens (tertiary/aromatic N) is 1. The highest BCUT2D eigenvalue weighted by Gasteiger charge is 2.09. The van der Waals surface area contributed by atoms with E-state index in [1.54, 1.807) is 7.11 Å². The molecule has 0 amide bonds. The summed E-state index contributed by atoms with van der Waals surface area (Å²) in [7, 11) is 1.74. The molecule has 0 radical (unpaired) electrons. The summed E-state index contributed by atoms with van der Waals surface area (Å²) in [6, 6.07) is 8.58. The minimum absolute atomic E-state index is 0.521. The topological polar surface area (TPSA) is 38.5 Å². The van der Waals surface area contributed by atoms with Gasteiger partial charge >= 0.3 is 0 Å². The molecule has 16 heavy (non-hydrogen) atoms. The van der Waals surface area contributed by atoms with Gasteiger partial charge in [-0.15, -0.1) is 0 Å². The van der Waals surface area contributed by atoms with Gasteiger partial charge < -0.3 is 10.5 Å². The van der Waals surface area contributed by atoms with E-state index in [2.05, 4.69) is 30.9 Å². The Labute approximate surface area is 98.2 Å². The van der Waals surface area contributed by atoms with Crippen LogP contribution in [0.1, 0.15) is 19.4 Å². The smallest absolute Gasteiger partial charge is 0.0589 e. The van der Waals surface area contributed by atoms with Crippen LogP contribution in [-0.4, -0.2) is 31.2 Å². The van der Waals surface area contributed by atoms with Crippen molar-refractivity contribution >= 4 is 5.69 Å². The van der Waals surface area contributed by atoms with Crippen molar-refractivity contribution in [2.24, 2.45) is 0 Å². The fourth-order valence-electron chi connectivity index (χ4n) is 1.59. The first-order chi connectivity index (χ1) is 7.63. The monoisotopic (exact) mass is 222 g/mol. The zero-order valence-corrected chi connectivity index (χ0v) is 10.4. The van der Waals surface area contributed by atoms with Crippen molar-refractivity contribution in [3.8, 4) is 0 Å². The first kappa shape index (κ1) is 13.0. The van der Waals surface area contributed by atoms with Gasteiger partial charge in [0.2, 0.25) is 0 Å². The van der Waals surface area contributed by atoms with Gasteiger partial charge in [-0.1, -0.05) is 12.1 Å². The van der Waals surface area contributed by atoms with E-state index in [4.69, 9.17) is 10.5 Å². The number of anilines is 1. The van der Waals surface area contributed by atoms with Gasteiger partial charge in [-0.05, 0) is 31.5 Å². The summed E-state index contributed by atoms with van der Waals surface area (Å²) in [5.74, 6) is 0. The second-order valence-corrected chi connectivity index (χ2v) is 4.30. The molecule has 0 fully saturated rings. The Balaban J connectivity index is 2.57. The van der Waals surface area contributed by atoms with Crippen LogP contribution in [0.3, 0.4) is 0 Å². The molecule has 0 heterocycles. The van der Waals surface area contributed by atoms with Crippen LogP contribution in [0.25, 0.3) is 0 Å². The van der Waals surface area contributed by atoms with E-state index in [0.717, 1.165) is 25.4 Å². The normalized spacial score (nSPS) is 11.3. The summed E-state index contributed by atoms with van der Waals surface area (Å²) in [4.78, 5) is 2.38. The lowest BCUT2D eigenvalue weighted by molar-refractivity contribution is 0.125. The number of ether oxygens (including phenoxy) is 1. The number of nitrogens with two attached hydrogens (primary N) is 1. The minimum atomic E-state index is 0.521. The third-order valence-corrected chi connectivity index (χ3v) is 2.68. The van der Waals surface area contributed by atoms with Crippen LogP contribution in [0.5, 0.6) is 0 Å². The van der Waals surface area contributed by atoms with Crippen molar-refractivity contribution < 1.29 is 4.74 Å². The molecule has 3 heteroatoms. The highest BCUT2D eigenvalue weighted by molar-refractivity contribution is 5.39. The summed E-state index contributed by atoms with van der Waals surface area (Å²) in [6.45, 7) is 7.08. The Hall–Kier alpha value is -1.06. The Morgan fingerprint density at radius 3 is 2.38 bits per heavy atom. The molecule has 0 bridgehead atoms. The van der Waals surface area contributed by atoms with Gasteiger partial charge in [0.25, 0.3) is 0 Å². The molecule has 1 rings (SSSR count). The van der Waals surface area contributed by atoms with Gasteiger partial charge in [-0.2, -0.15) is 0 Å². The van der Waals surface area contributed by atoms with Gasteiger partial charge in [0.05, 0.1) is 6.61 Å². The van der Waals surface area contributed by atoms with Crippen LogP contribution in [-0.2, 0) is 11.3 Å². The molecule has 0 aliphatic heterocycles. The van der Waals surface area contributed by atoms with E-state index in [1.807, 2.05) is 12.1 Å². The molecule has 2 N–H and O–H groups in total. The van der Waals surface area contributed by atoms with Gasteiger partial charge in [0, 0.05) is 31.9 Å². The predicted octanol–water partition coefficient (Wildman–Crippen LogP) is 2.13. The summed E-state index contributed by atoms with van der Waals surface area (Å²) in [5, 5.41) is 0. The van der Waals surface area contributed by atoms with Gasteiger partial charge in [0.1, 0.15) is 0 Å². The molecule has 0 aliphatic carbocycles. The number of hydrogen-bond donors (Lipinski definition) is 1. The maximum atomic E-state index is 5.66. The van der Waals surface area contributed by atoms with E-state index in [0.29, 0.717) is 6.04 Å². The quantitative estimate of drug-likeness (QED) is 0.749. The minimum Gasteiger partial charge on any atom is -0.399 e. The summed E-state index contributed by atoms with van der Waals surface area (Å²) < 4.78 is 5.12. The number of benzene rings is 1. The second-order valence-electron chi connectivity index (χ2n) is 4.30. The largest absolute Gasteiger partial charge is 0.399 e. The highest BCUT2D eigenvalue weighted by Crippen LogP contribution is 2.10. The Morgan fingerprint density at radius 2 is 1.88 bits per heavy atom. The Bertz CT molecular complexity index is 295. The Morgan fingerprint density at radius 1 is 1.25 bits per heavy atom. The van der Waals surface area contributed by atoms with Crippen LogP contribution in [0, 0.1) is 0 Å². The fourth-order valence-corrected chi connectivity index (χ4v) is 1.59. The SMILES string of the molecule is COCCN(Cc1ccc(N)cc1)C(C)C. The van der Waals surface area contributed by atoms with Crippen molar-refractivity contribution in [2.75, 3.05) is 26.0 Å².